The molecule has 0 aliphatic carbocycles. The van der Waals surface area contributed by atoms with Crippen LogP contribution in [0.15, 0.2) is 24.3 Å². The Labute approximate surface area is 150 Å². The molecule has 1 aromatic rings. The van der Waals surface area contributed by atoms with Crippen molar-refractivity contribution in [3.05, 3.63) is 35.4 Å². The van der Waals surface area contributed by atoms with Gasteiger partial charge in [0, 0.05) is 26.2 Å². The number of piperidine rings is 2. The third kappa shape index (κ3) is 4.82. The average molecular weight is 343 g/mol. The Morgan fingerprint density at radius 2 is 1.44 bits per heavy atom. The number of likely N-dealkylation sites (tertiary alicyclic amines) is 2. The lowest BCUT2D eigenvalue weighted by atomic mass is 10.0. The molecule has 0 bridgehead atoms. The second-order valence-electron chi connectivity index (χ2n) is 7.06. The number of hydrogen-bond donors (Lipinski definition) is 1. The minimum absolute atomic E-state index is 0.0125. The molecular formula is C20H29N3O2. The maximum atomic E-state index is 12.8. The molecule has 2 fully saturated rings. The molecule has 0 aromatic heterocycles. The van der Waals surface area contributed by atoms with Gasteiger partial charge in [-0.1, -0.05) is 18.6 Å². The van der Waals surface area contributed by atoms with Crippen LogP contribution in [0.2, 0.25) is 0 Å². The standard InChI is InChI=1S/C20H29N3O2/c24-19(21-11-16-22-12-5-1-6-13-22)17-9-3-4-10-18(17)20(25)23-14-7-2-8-15-23/h3-4,9-10H,1-2,5-8,11-16H2,(H,21,24). The number of amides is 2. The lowest BCUT2D eigenvalue weighted by Crippen LogP contribution is -2.39. The van der Waals surface area contributed by atoms with Crippen molar-refractivity contribution in [1.82, 2.24) is 15.1 Å². The zero-order valence-electron chi connectivity index (χ0n) is 15.0. The van der Waals surface area contributed by atoms with Gasteiger partial charge >= 0.3 is 0 Å². The smallest absolute Gasteiger partial charge is 0.254 e. The molecule has 0 atom stereocenters. The summed E-state index contributed by atoms with van der Waals surface area (Å²) in [5, 5.41) is 2.99. The first-order chi connectivity index (χ1) is 12.3. The maximum Gasteiger partial charge on any atom is 0.254 e. The normalized spacial score (nSPS) is 18.8. The zero-order chi connectivity index (χ0) is 17.5. The molecule has 136 valence electrons. The van der Waals surface area contributed by atoms with Crippen LogP contribution >= 0.6 is 0 Å². The van der Waals surface area contributed by atoms with Crippen LogP contribution < -0.4 is 5.32 Å². The van der Waals surface area contributed by atoms with Crippen LogP contribution in [0.25, 0.3) is 0 Å². The third-order valence-corrected chi connectivity index (χ3v) is 5.21. The molecule has 0 unspecified atom stereocenters. The van der Waals surface area contributed by atoms with Crippen LogP contribution in [0.4, 0.5) is 0 Å². The van der Waals surface area contributed by atoms with E-state index in [1.165, 1.54) is 25.7 Å². The number of nitrogens with one attached hydrogen (secondary N) is 1. The lowest BCUT2D eigenvalue weighted by molar-refractivity contribution is 0.0718. The molecule has 0 spiro atoms. The lowest BCUT2D eigenvalue weighted by Gasteiger charge is -2.27. The molecule has 1 aromatic carbocycles. The molecule has 5 nitrogen and oxygen atoms in total. The highest BCUT2D eigenvalue weighted by Crippen LogP contribution is 2.16. The van der Waals surface area contributed by atoms with E-state index in [9.17, 15) is 9.59 Å². The number of hydrogen-bond acceptors (Lipinski definition) is 3. The number of benzene rings is 1. The van der Waals surface area contributed by atoms with E-state index in [1.807, 2.05) is 17.0 Å². The highest BCUT2D eigenvalue weighted by Gasteiger charge is 2.23. The number of nitrogens with zero attached hydrogens (tertiary/aromatic N) is 2. The molecule has 2 amide bonds. The van der Waals surface area contributed by atoms with Crippen LogP contribution in [0, 0.1) is 0 Å². The van der Waals surface area contributed by atoms with Crippen molar-refractivity contribution in [1.29, 1.82) is 0 Å². The van der Waals surface area contributed by atoms with Gasteiger partial charge in [-0.3, -0.25) is 9.59 Å². The Bertz CT molecular complexity index is 590. The highest BCUT2D eigenvalue weighted by molar-refractivity contribution is 6.07. The van der Waals surface area contributed by atoms with Gasteiger partial charge in [0.05, 0.1) is 11.1 Å². The summed E-state index contributed by atoms with van der Waals surface area (Å²) in [6.45, 7) is 5.35. The predicted octanol–water partition coefficient (Wildman–Crippen LogP) is 2.53. The Balaban J connectivity index is 1.59. The van der Waals surface area contributed by atoms with Crippen LogP contribution in [0.5, 0.6) is 0 Å². The molecule has 2 aliphatic rings. The molecule has 3 rings (SSSR count). The van der Waals surface area contributed by atoms with Crippen molar-refractivity contribution in [3.8, 4) is 0 Å². The minimum atomic E-state index is -0.141. The Morgan fingerprint density at radius 3 is 2.12 bits per heavy atom. The van der Waals surface area contributed by atoms with E-state index in [0.29, 0.717) is 17.7 Å². The van der Waals surface area contributed by atoms with Gasteiger partial charge in [-0.2, -0.15) is 0 Å². The van der Waals surface area contributed by atoms with Crippen molar-refractivity contribution < 1.29 is 9.59 Å². The molecule has 2 heterocycles. The summed E-state index contributed by atoms with van der Waals surface area (Å²) in [6.07, 6.45) is 7.10. The largest absolute Gasteiger partial charge is 0.351 e. The summed E-state index contributed by atoms with van der Waals surface area (Å²) >= 11 is 0. The summed E-state index contributed by atoms with van der Waals surface area (Å²) in [6, 6.07) is 7.19. The Kier molecular flexibility index (Phi) is 6.45. The van der Waals surface area contributed by atoms with Crippen molar-refractivity contribution in [2.75, 3.05) is 39.3 Å². The number of carbonyl (C=O) groups is 2. The second kappa shape index (κ2) is 8.99. The van der Waals surface area contributed by atoms with Crippen LogP contribution in [0.1, 0.15) is 59.2 Å². The molecule has 0 radical (unpaired) electrons. The van der Waals surface area contributed by atoms with E-state index in [-0.39, 0.29) is 11.8 Å². The SMILES string of the molecule is O=C(NCCN1CCCCC1)c1ccccc1C(=O)N1CCCCC1. The van der Waals surface area contributed by atoms with E-state index >= 15 is 0 Å². The van der Waals surface area contributed by atoms with Crippen molar-refractivity contribution in [2.24, 2.45) is 0 Å². The summed E-state index contributed by atoms with van der Waals surface area (Å²) in [4.78, 5) is 29.7. The van der Waals surface area contributed by atoms with Crippen LogP contribution in [-0.4, -0.2) is 60.9 Å². The van der Waals surface area contributed by atoms with E-state index in [1.54, 1.807) is 12.1 Å². The number of rotatable bonds is 5. The fourth-order valence-electron chi connectivity index (χ4n) is 3.74. The highest BCUT2D eigenvalue weighted by atomic mass is 16.2. The molecule has 25 heavy (non-hydrogen) atoms. The molecule has 1 N–H and O–H groups in total. The van der Waals surface area contributed by atoms with Crippen molar-refractivity contribution in [3.63, 3.8) is 0 Å². The van der Waals surface area contributed by atoms with Gasteiger partial charge in [0.15, 0.2) is 0 Å². The van der Waals surface area contributed by atoms with Crippen molar-refractivity contribution >= 4 is 11.8 Å². The molecule has 2 saturated heterocycles. The summed E-state index contributed by atoms with van der Waals surface area (Å²) < 4.78 is 0. The summed E-state index contributed by atoms with van der Waals surface area (Å²) in [5.41, 5.74) is 1.02. The zero-order valence-corrected chi connectivity index (χ0v) is 15.0. The minimum Gasteiger partial charge on any atom is -0.351 e. The van der Waals surface area contributed by atoms with Gasteiger partial charge in [0.1, 0.15) is 0 Å². The first-order valence-electron chi connectivity index (χ1n) is 9.64. The quantitative estimate of drug-likeness (QED) is 0.894. The summed E-state index contributed by atoms with van der Waals surface area (Å²) in [5.74, 6) is -0.153. The first kappa shape index (κ1) is 17.9. The molecule has 0 saturated carbocycles. The summed E-state index contributed by atoms with van der Waals surface area (Å²) in [7, 11) is 0. The van der Waals surface area contributed by atoms with Crippen LogP contribution in [0.3, 0.4) is 0 Å². The predicted molar refractivity (Wildman–Crippen MR) is 98.8 cm³/mol. The maximum absolute atomic E-state index is 12.8. The first-order valence-corrected chi connectivity index (χ1v) is 9.64. The topological polar surface area (TPSA) is 52.7 Å². The van der Waals surface area contributed by atoms with Crippen molar-refractivity contribution in [2.45, 2.75) is 38.5 Å². The van der Waals surface area contributed by atoms with Gasteiger partial charge < -0.3 is 15.1 Å². The Hall–Kier alpha value is -1.88. The Morgan fingerprint density at radius 1 is 0.840 bits per heavy atom. The fourth-order valence-corrected chi connectivity index (χ4v) is 3.74. The van der Waals surface area contributed by atoms with Gasteiger partial charge in [0.25, 0.3) is 11.8 Å². The van der Waals surface area contributed by atoms with Gasteiger partial charge in [-0.05, 0) is 57.3 Å². The van der Waals surface area contributed by atoms with E-state index in [0.717, 1.165) is 45.6 Å². The van der Waals surface area contributed by atoms with Gasteiger partial charge in [0.2, 0.25) is 0 Å². The third-order valence-electron chi connectivity index (χ3n) is 5.21. The van der Waals surface area contributed by atoms with E-state index < -0.39 is 0 Å². The fraction of sp³-hybridized carbons (Fsp3) is 0.600. The van der Waals surface area contributed by atoms with E-state index in [4.69, 9.17) is 0 Å². The van der Waals surface area contributed by atoms with E-state index in [2.05, 4.69) is 10.2 Å². The molecule has 5 heteroatoms. The average Bonchev–Trinajstić information content (AvgIpc) is 2.69. The number of carbonyl (C=O) groups excluding carboxylic acids is 2. The molecular weight excluding hydrogens is 314 g/mol. The monoisotopic (exact) mass is 343 g/mol. The molecule has 2 aliphatic heterocycles. The second-order valence-corrected chi connectivity index (χ2v) is 7.06. The van der Waals surface area contributed by atoms with Gasteiger partial charge in [-0.25, -0.2) is 0 Å². The van der Waals surface area contributed by atoms with Gasteiger partial charge in [-0.15, -0.1) is 0 Å². The van der Waals surface area contributed by atoms with Crippen LogP contribution in [-0.2, 0) is 0 Å².